The predicted octanol–water partition coefficient (Wildman–Crippen LogP) is 3.93. The highest BCUT2D eigenvalue weighted by molar-refractivity contribution is 9.10. The van der Waals surface area contributed by atoms with Crippen LogP contribution in [0.1, 0.15) is 25.7 Å². The second kappa shape index (κ2) is 6.36. The van der Waals surface area contributed by atoms with Crippen molar-refractivity contribution < 1.29 is 13.9 Å². The summed E-state index contributed by atoms with van der Waals surface area (Å²) in [5.74, 6) is 0.291. The van der Waals surface area contributed by atoms with Crippen LogP contribution in [0.15, 0.2) is 22.7 Å². The molecule has 1 saturated heterocycles. The van der Waals surface area contributed by atoms with E-state index in [2.05, 4.69) is 15.9 Å². The van der Waals surface area contributed by atoms with Crippen molar-refractivity contribution in [1.82, 2.24) is 0 Å². The van der Waals surface area contributed by atoms with E-state index in [-0.39, 0.29) is 5.82 Å². The fourth-order valence-corrected chi connectivity index (χ4v) is 2.31. The zero-order valence-corrected chi connectivity index (χ0v) is 11.2. The van der Waals surface area contributed by atoms with Gasteiger partial charge in [-0.05, 0) is 53.7 Å². The summed E-state index contributed by atoms with van der Waals surface area (Å²) < 4.78 is 24.8. The molecule has 0 spiro atoms. The molecule has 0 saturated carbocycles. The van der Waals surface area contributed by atoms with Crippen molar-refractivity contribution in [2.75, 3.05) is 13.2 Å². The molecule has 1 aliphatic rings. The fourth-order valence-electron chi connectivity index (χ4n) is 1.95. The molecule has 1 unspecified atom stereocenters. The average molecular weight is 303 g/mol. The van der Waals surface area contributed by atoms with E-state index in [1.54, 1.807) is 6.07 Å². The molecule has 0 amide bonds. The van der Waals surface area contributed by atoms with E-state index in [4.69, 9.17) is 9.47 Å². The monoisotopic (exact) mass is 302 g/mol. The molecule has 0 aromatic heterocycles. The van der Waals surface area contributed by atoms with Crippen LogP contribution in [0.25, 0.3) is 0 Å². The minimum atomic E-state index is -0.276. The third kappa shape index (κ3) is 3.96. The zero-order valence-electron chi connectivity index (χ0n) is 9.62. The molecule has 0 N–H and O–H groups in total. The first-order chi connectivity index (χ1) is 8.25. The molecule has 1 aromatic carbocycles. The average Bonchev–Trinajstić information content (AvgIpc) is 2.82. The van der Waals surface area contributed by atoms with Gasteiger partial charge in [-0.3, -0.25) is 0 Å². The van der Waals surface area contributed by atoms with Gasteiger partial charge in [0.05, 0.1) is 17.2 Å². The Morgan fingerprint density at radius 1 is 1.47 bits per heavy atom. The quantitative estimate of drug-likeness (QED) is 0.767. The van der Waals surface area contributed by atoms with Crippen LogP contribution in [-0.4, -0.2) is 19.3 Å². The van der Waals surface area contributed by atoms with E-state index >= 15 is 0 Å². The number of benzene rings is 1. The first-order valence-electron chi connectivity index (χ1n) is 5.95. The van der Waals surface area contributed by atoms with Crippen molar-refractivity contribution in [3.05, 3.63) is 28.5 Å². The molecular formula is C13H16BrFO2. The predicted molar refractivity (Wildman–Crippen MR) is 67.8 cm³/mol. The Morgan fingerprint density at radius 2 is 2.35 bits per heavy atom. The SMILES string of the molecule is Fc1ccc(Br)c(OCCCC2CCCO2)c1. The Hall–Kier alpha value is -0.610. The lowest BCUT2D eigenvalue weighted by Crippen LogP contribution is -2.07. The molecule has 0 bridgehead atoms. The van der Waals surface area contributed by atoms with E-state index in [0.717, 1.165) is 30.3 Å². The van der Waals surface area contributed by atoms with Gasteiger partial charge in [0, 0.05) is 12.7 Å². The largest absolute Gasteiger partial charge is 0.492 e. The maximum Gasteiger partial charge on any atom is 0.136 e. The highest BCUT2D eigenvalue weighted by Crippen LogP contribution is 2.26. The molecular weight excluding hydrogens is 287 g/mol. The summed E-state index contributed by atoms with van der Waals surface area (Å²) in [6.07, 6.45) is 4.68. The van der Waals surface area contributed by atoms with Gasteiger partial charge in [0.2, 0.25) is 0 Å². The molecule has 17 heavy (non-hydrogen) atoms. The normalized spacial score (nSPS) is 19.5. The summed E-state index contributed by atoms with van der Waals surface area (Å²) in [6.45, 7) is 1.49. The van der Waals surface area contributed by atoms with Gasteiger partial charge in [-0.2, -0.15) is 0 Å². The number of rotatable bonds is 5. The number of hydrogen-bond acceptors (Lipinski definition) is 2. The van der Waals surface area contributed by atoms with Gasteiger partial charge in [-0.25, -0.2) is 4.39 Å². The minimum absolute atomic E-state index is 0.276. The molecule has 4 heteroatoms. The lowest BCUT2D eigenvalue weighted by Gasteiger charge is -2.11. The summed E-state index contributed by atoms with van der Waals surface area (Å²) in [5.41, 5.74) is 0. The van der Waals surface area contributed by atoms with Gasteiger partial charge in [0.15, 0.2) is 0 Å². The zero-order chi connectivity index (χ0) is 12.1. The van der Waals surface area contributed by atoms with Gasteiger partial charge in [-0.1, -0.05) is 0 Å². The van der Waals surface area contributed by atoms with Crippen molar-refractivity contribution in [2.24, 2.45) is 0 Å². The van der Waals surface area contributed by atoms with Crippen LogP contribution >= 0.6 is 15.9 Å². The summed E-state index contributed by atoms with van der Waals surface area (Å²) >= 11 is 3.33. The lowest BCUT2D eigenvalue weighted by molar-refractivity contribution is 0.0981. The highest BCUT2D eigenvalue weighted by atomic mass is 79.9. The number of halogens is 2. The Balaban J connectivity index is 1.72. The summed E-state index contributed by atoms with van der Waals surface area (Å²) in [4.78, 5) is 0. The maximum absolute atomic E-state index is 13.0. The molecule has 0 aliphatic carbocycles. The number of hydrogen-bond donors (Lipinski definition) is 0. The van der Waals surface area contributed by atoms with E-state index in [1.165, 1.54) is 18.6 Å². The van der Waals surface area contributed by atoms with Crippen LogP contribution in [-0.2, 0) is 4.74 Å². The molecule has 1 aliphatic heterocycles. The van der Waals surface area contributed by atoms with Crippen LogP contribution in [0, 0.1) is 5.82 Å². The molecule has 1 heterocycles. The van der Waals surface area contributed by atoms with Crippen LogP contribution < -0.4 is 4.74 Å². The van der Waals surface area contributed by atoms with Gasteiger partial charge < -0.3 is 9.47 Å². The summed E-state index contributed by atoms with van der Waals surface area (Å²) in [7, 11) is 0. The van der Waals surface area contributed by atoms with E-state index in [0.29, 0.717) is 18.5 Å². The van der Waals surface area contributed by atoms with Crippen LogP contribution in [0.2, 0.25) is 0 Å². The van der Waals surface area contributed by atoms with Gasteiger partial charge in [0.1, 0.15) is 11.6 Å². The first kappa shape index (κ1) is 12.8. The van der Waals surface area contributed by atoms with Crippen molar-refractivity contribution in [3.8, 4) is 5.75 Å². The van der Waals surface area contributed by atoms with Crippen LogP contribution in [0.4, 0.5) is 4.39 Å². The van der Waals surface area contributed by atoms with Gasteiger partial charge >= 0.3 is 0 Å². The van der Waals surface area contributed by atoms with E-state index in [9.17, 15) is 4.39 Å². The van der Waals surface area contributed by atoms with Gasteiger partial charge in [0.25, 0.3) is 0 Å². The second-order valence-electron chi connectivity index (χ2n) is 4.20. The van der Waals surface area contributed by atoms with Gasteiger partial charge in [-0.15, -0.1) is 0 Å². The second-order valence-corrected chi connectivity index (χ2v) is 5.05. The van der Waals surface area contributed by atoms with E-state index < -0.39 is 0 Å². The molecule has 1 aromatic rings. The smallest absolute Gasteiger partial charge is 0.136 e. The Bertz CT molecular complexity index is 364. The van der Waals surface area contributed by atoms with E-state index in [1.807, 2.05) is 0 Å². The summed E-state index contributed by atoms with van der Waals surface area (Å²) in [5, 5.41) is 0. The molecule has 0 radical (unpaired) electrons. The number of ether oxygens (including phenoxy) is 2. The standard InChI is InChI=1S/C13H16BrFO2/c14-12-6-5-10(15)9-13(12)17-8-2-4-11-3-1-7-16-11/h5-6,9,11H,1-4,7-8H2. The fraction of sp³-hybridized carbons (Fsp3) is 0.538. The van der Waals surface area contributed by atoms with Crippen molar-refractivity contribution in [3.63, 3.8) is 0 Å². The maximum atomic E-state index is 13.0. The minimum Gasteiger partial charge on any atom is -0.492 e. The van der Waals surface area contributed by atoms with Crippen molar-refractivity contribution in [1.29, 1.82) is 0 Å². The third-order valence-corrected chi connectivity index (χ3v) is 3.50. The Morgan fingerprint density at radius 3 is 3.12 bits per heavy atom. The van der Waals surface area contributed by atoms with Crippen molar-refractivity contribution >= 4 is 15.9 Å². The first-order valence-corrected chi connectivity index (χ1v) is 6.74. The third-order valence-electron chi connectivity index (χ3n) is 2.85. The molecule has 1 fully saturated rings. The summed E-state index contributed by atoms with van der Waals surface area (Å²) in [6, 6.07) is 4.46. The molecule has 94 valence electrons. The Labute approximate surface area is 109 Å². The lowest BCUT2D eigenvalue weighted by atomic mass is 10.1. The molecule has 2 nitrogen and oxygen atoms in total. The van der Waals surface area contributed by atoms with Crippen LogP contribution in [0.5, 0.6) is 5.75 Å². The topological polar surface area (TPSA) is 18.5 Å². The molecule has 2 rings (SSSR count). The highest BCUT2D eigenvalue weighted by Gasteiger charge is 2.14. The van der Waals surface area contributed by atoms with Crippen LogP contribution in [0.3, 0.4) is 0 Å². The Kier molecular flexibility index (Phi) is 4.80. The van der Waals surface area contributed by atoms with Crippen molar-refractivity contribution in [2.45, 2.75) is 31.8 Å². The molecule has 1 atom stereocenters.